The minimum atomic E-state index is -4.11. The number of nitrogens with zero attached hydrogens (tertiary/aromatic N) is 2. The van der Waals surface area contributed by atoms with Gasteiger partial charge in [-0.2, -0.15) is 13.7 Å². The Morgan fingerprint density at radius 3 is 2.52 bits per heavy atom. The van der Waals surface area contributed by atoms with E-state index in [1.165, 1.54) is 24.3 Å². The first kappa shape index (κ1) is 24.8. The summed E-state index contributed by atoms with van der Waals surface area (Å²) in [5, 5.41) is 9.54. The van der Waals surface area contributed by atoms with Crippen molar-refractivity contribution in [3.8, 4) is 17.6 Å². The Hall–Kier alpha value is -2.87. The van der Waals surface area contributed by atoms with Gasteiger partial charge in [0.05, 0.1) is 24.3 Å². The van der Waals surface area contributed by atoms with Gasteiger partial charge in [-0.25, -0.2) is 0 Å². The van der Waals surface area contributed by atoms with E-state index in [1.807, 2.05) is 13.0 Å². The second-order valence-electron chi connectivity index (χ2n) is 7.19. The molecule has 1 amide bonds. The van der Waals surface area contributed by atoms with Crippen LogP contribution in [0, 0.1) is 18.3 Å². The Labute approximate surface area is 201 Å². The van der Waals surface area contributed by atoms with E-state index < -0.39 is 16.0 Å². The summed E-state index contributed by atoms with van der Waals surface area (Å²) in [4.78, 5) is 14.3. The van der Waals surface area contributed by atoms with Crippen molar-refractivity contribution in [3.05, 3.63) is 57.6 Å². The van der Waals surface area contributed by atoms with E-state index in [0.29, 0.717) is 36.3 Å². The van der Waals surface area contributed by atoms with Crippen molar-refractivity contribution >= 4 is 38.0 Å². The number of hydrogen-bond acceptors (Lipinski definition) is 7. The first-order valence-electron chi connectivity index (χ1n) is 10.2. The van der Waals surface area contributed by atoms with Crippen LogP contribution in [0.5, 0.6) is 11.5 Å². The molecular weight excluding hydrogens is 512 g/mol. The molecule has 0 atom stereocenters. The third kappa shape index (κ3) is 6.13. The zero-order valence-corrected chi connectivity index (χ0v) is 20.6. The average molecular weight is 535 g/mol. The highest BCUT2D eigenvalue weighted by atomic mass is 79.9. The highest BCUT2D eigenvalue weighted by Crippen LogP contribution is 2.39. The van der Waals surface area contributed by atoms with Crippen molar-refractivity contribution in [1.82, 2.24) is 4.90 Å². The molecule has 174 valence electrons. The molecule has 1 aliphatic heterocycles. The number of ether oxygens (including phenoxy) is 2. The van der Waals surface area contributed by atoms with Gasteiger partial charge in [-0.05, 0) is 65.7 Å². The standard InChI is InChI=1S/C23H23BrN2O6S/c1-3-31-21-14-17(12-18(15-25)23(27)26-8-10-30-11-9-26)13-20(24)22(21)32-33(28,29)19-6-4-16(2)5-7-19/h4-7,12-14H,3,8-11H2,1-2H3/b18-12+. The zero-order chi connectivity index (χ0) is 24.0. The van der Waals surface area contributed by atoms with Crippen LogP contribution in [0.2, 0.25) is 0 Å². The molecule has 2 aromatic rings. The number of carbonyl (C=O) groups excluding carboxylic acids is 1. The monoisotopic (exact) mass is 534 g/mol. The number of carbonyl (C=O) groups is 1. The van der Waals surface area contributed by atoms with Crippen LogP contribution >= 0.6 is 15.9 Å². The second-order valence-corrected chi connectivity index (χ2v) is 9.59. The highest BCUT2D eigenvalue weighted by Gasteiger charge is 2.24. The lowest BCUT2D eigenvalue weighted by Crippen LogP contribution is -2.41. The Morgan fingerprint density at radius 1 is 1.24 bits per heavy atom. The van der Waals surface area contributed by atoms with Crippen molar-refractivity contribution in [2.75, 3.05) is 32.9 Å². The van der Waals surface area contributed by atoms with Crippen LogP contribution in [0.4, 0.5) is 0 Å². The van der Waals surface area contributed by atoms with E-state index in [1.54, 1.807) is 30.0 Å². The molecule has 0 radical (unpaired) electrons. The lowest BCUT2D eigenvalue weighted by atomic mass is 10.1. The Kier molecular flexibility index (Phi) is 8.13. The average Bonchev–Trinajstić information content (AvgIpc) is 2.80. The molecule has 0 aromatic heterocycles. The topological polar surface area (TPSA) is 106 Å². The van der Waals surface area contributed by atoms with Gasteiger partial charge in [0.2, 0.25) is 0 Å². The molecule has 1 fully saturated rings. The number of aryl methyl sites for hydroxylation is 1. The van der Waals surface area contributed by atoms with Crippen LogP contribution in [0.25, 0.3) is 6.08 Å². The van der Waals surface area contributed by atoms with Crippen molar-refractivity contribution < 1.29 is 26.9 Å². The molecule has 10 heteroatoms. The van der Waals surface area contributed by atoms with E-state index in [9.17, 15) is 18.5 Å². The number of hydrogen-bond donors (Lipinski definition) is 0. The second kappa shape index (κ2) is 10.8. The van der Waals surface area contributed by atoms with E-state index in [4.69, 9.17) is 13.7 Å². The quantitative estimate of drug-likeness (QED) is 0.303. The molecule has 0 aliphatic carbocycles. The molecule has 8 nitrogen and oxygen atoms in total. The van der Waals surface area contributed by atoms with Gasteiger partial charge in [0.15, 0.2) is 11.5 Å². The molecule has 0 saturated carbocycles. The Bertz CT molecular complexity index is 1200. The SMILES string of the molecule is CCOc1cc(/C=C(\C#N)C(=O)N2CCOCC2)cc(Br)c1OS(=O)(=O)c1ccc(C)cc1. The first-order valence-corrected chi connectivity index (χ1v) is 12.4. The number of morpholine rings is 1. The van der Waals surface area contributed by atoms with Crippen molar-refractivity contribution in [2.24, 2.45) is 0 Å². The van der Waals surface area contributed by atoms with Crippen LogP contribution in [-0.2, 0) is 19.6 Å². The van der Waals surface area contributed by atoms with Gasteiger partial charge in [-0.1, -0.05) is 17.7 Å². The summed E-state index contributed by atoms with van der Waals surface area (Å²) >= 11 is 3.34. The third-order valence-electron chi connectivity index (χ3n) is 4.79. The van der Waals surface area contributed by atoms with Gasteiger partial charge < -0.3 is 18.6 Å². The lowest BCUT2D eigenvalue weighted by molar-refractivity contribution is -0.130. The molecular formula is C23H23BrN2O6S. The van der Waals surface area contributed by atoms with Gasteiger partial charge in [-0.15, -0.1) is 0 Å². The maximum atomic E-state index is 12.8. The predicted octanol–water partition coefficient (Wildman–Crippen LogP) is 3.69. The molecule has 1 heterocycles. The fourth-order valence-corrected chi connectivity index (χ4v) is 4.73. The first-order chi connectivity index (χ1) is 15.7. The van der Waals surface area contributed by atoms with E-state index in [-0.39, 0.29) is 28.6 Å². The number of rotatable bonds is 7. The molecule has 0 bridgehead atoms. The van der Waals surface area contributed by atoms with E-state index in [2.05, 4.69) is 15.9 Å². The maximum Gasteiger partial charge on any atom is 0.339 e. The van der Waals surface area contributed by atoms with Crippen LogP contribution < -0.4 is 8.92 Å². The van der Waals surface area contributed by atoms with Gasteiger partial charge in [0, 0.05) is 13.1 Å². The summed E-state index contributed by atoms with van der Waals surface area (Å²) in [5.41, 5.74) is 1.34. The van der Waals surface area contributed by atoms with E-state index >= 15 is 0 Å². The molecule has 1 aliphatic rings. The molecule has 0 spiro atoms. The minimum Gasteiger partial charge on any atom is -0.490 e. The molecule has 2 aromatic carbocycles. The Balaban J connectivity index is 1.95. The minimum absolute atomic E-state index is 0.00861. The fourth-order valence-electron chi connectivity index (χ4n) is 3.12. The summed E-state index contributed by atoms with van der Waals surface area (Å²) in [6.45, 7) is 5.52. The van der Waals surface area contributed by atoms with Crippen molar-refractivity contribution in [1.29, 1.82) is 5.26 Å². The number of halogens is 1. The Morgan fingerprint density at radius 2 is 1.91 bits per heavy atom. The summed E-state index contributed by atoms with van der Waals surface area (Å²) in [5.74, 6) is -0.255. The van der Waals surface area contributed by atoms with Crippen LogP contribution in [0.1, 0.15) is 18.1 Å². The number of benzene rings is 2. The smallest absolute Gasteiger partial charge is 0.339 e. The normalized spacial score (nSPS) is 14.5. The molecule has 1 saturated heterocycles. The van der Waals surface area contributed by atoms with Crippen LogP contribution in [-0.4, -0.2) is 52.1 Å². The molecule has 0 unspecified atom stereocenters. The summed E-state index contributed by atoms with van der Waals surface area (Å²) in [6.07, 6.45) is 1.43. The van der Waals surface area contributed by atoms with Crippen LogP contribution in [0.3, 0.4) is 0 Å². The predicted molar refractivity (Wildman–Crippen MR) is 125 cm³/mol. The van der Waals surface area contributed by atoms with Gasteiger partial charge in [0.25, 0.3) is 5.91 Å². The van der Waals surface area contributed by atoms with Crippen molar-refractivity contribution in [2.45, 2.75) is 18.7 Å². The maximum absolute atomic E-state index is 12.8. The highest BCUT2D eigenvalue weighted by molar-refractivity contribution is 9.10. The summed E-state index contributed by atoms with van der Waals surface area (Å²) in [6, 6.07) is 11.3. The lowest BCUT2D eigenvalue weighted by Gasteiger charge is -2.26. The molecule has 0 N–H and O–H groups in total. The number of amides is 1. The summed E-state index contributed by atoms with van der Waals surface area (Å²) < 4.78 is 42.1. The largest absolute Gasteiger partial charge is 0.490 e. The number of nitriles is 1. The van der Waals surface area contributed by atoms with E-state index in [0.717, 1.165) is 5.56 Å². The van der Waals surface area contributed by atoms with Crippen molar-refractivity contribution in [3.63, 3.8) is 0 Å². The van der Waals surface area contributed by atoms with Gasteiger partial charge in [0.1, 0.15) is 16.5 Å². The van der Waals surface area contributed by atoms with Crippen LogP contribution in [0.15, 0.2) is 51.3 Å². The zero-order valence-electron chi connectivity index (χ0n) is 18.2. The summed E-state index contributed by atoms with van der Waals surface area (Å²) in [7, 11) is -4.11. The van der Waals surface area contributed by atoms with Gasteiger partial charge in [-0.3, -0.25) is 4.79 Å². The molecule has 33 heavy (non-hydrogen) atoms. The fraction of sp³-hybridized carbons (Fsp3) is 0.304. The molecule has 3 rings (SSSR count). The third-order valence-corrected chi connectivity index (χ3v) is 6.62. The van der Waals surface area contributed by atoms with Gasteiger partial charge >= 0.3 is 10.1 Å².